The van der Waals surface area contributed by atoms with E-state index in [2.05, 4.69) is 29.0 Å². The zero-order valence-electron chi connectivity index (χ0n) is 9.50. The summed E-state index contributed by atoms with van der Waals surface area (Å²) in [6, 6.07) is 0.716. The number of hydrogen-bond donors (Lipinski definition) is 1. The molecule has 2 unspecified atom stereocenters. The van der Waals surface area contributed by atoms with Crippen LogP contribution in [0.25, 0.3) is 0 Å². The predicted octanol–water partition coefficient (Wildman–Crippen LogP) is 1.07. The van der Waals surface area contributed by atoms with Gasteiger partial charge in [-0.2, -0.15) is 0 Å². The SMILES string of the molecule is CCC(C)N1CCCN2CCCNC21. The molecule has 0 saturated carbocycles. The van der Waals surface area contributed by atoms with Gasteiger partial charge in [0.1, 0.15) is 6.29 Å². The Bertz CT molecular complexity index is 179. The summed E-state index contributed by atoms with van der Waals surface area (Å²) in [6.07, 6.45) is 4.44. The summed E-state index contributed by atoms with van der Waals surface area (Å²) in [7, 11) is 0. The van der Waals surface area contributed by atoms with Crippen LogP contribution in [0.15, 0.2) is 0 Å². The van der Waals surface area contributed by atoms with Crippen molar-refractivity contribution in [2.24, 2.45) is 0 Å². The summed E-state index contributed by atoms with van der Waals surface area (Å²) in [5.74, 6) is 0. The third-order valence-electron chi connectivity index (χ3n) is 3.63. The Kier molecular flexibility index (Phi) is 3.42. The van der Waals surface area contributed by atoms with Gasteiger partial charge < -0.3 is 0 Å². The fourth-order valence-corrected chi connectivity index (χ4v) is 2.60. The van der Waals surface area contributed by atoms with Crippen molar-refractivity contribution < 1.29 is 0 Å². The van der Waals surface area contributed by atoms with Crippen molar-refractivity contribution in [3.8, 4) is 0 Å². The average Bonchev–Trinajstić information content (AvgIpc) is 2.27. The van der Waals surface area contributed by atoms with Crippen LogP contribution in [0.3, 0.4) is 0 Å². The van der Waals surface area contributed by atoms with E-state index in [0.717, 1.165) is 0 Å². The summed E-state index contributed by atoms with van der Waals surface area (Å²) in [6.45, 7) is 9.65. The van der Waals surface area contributed by atoms with Crippen LogP contribution in [-0.2, 0) is 0 Å². The van der Waals surface area contributed by atoms with Gasteiger partial charge >= 0.3 is 0 Å². The van der Waals surface area contributed by atoms with Gasteiger partial charge in [0, 0.05) is 25.7 Å². The van der Waals surface area contributed by atoms with Gasteiger partial charge in [0.15, 0.2) is 0 Å². The molecule has 2 fully saturated rings. The maximum absolute atomic E-state index is 3.64. The largest absolute Gasteiger partial charge is 0.289 e. The standard InChI is InChI=1S/C11H23N3/c1-3-10(2)14-9-5-8-13-7-4-6-12-11(13)14/h10-12H,3-9H2,1-2H3. The maximum Gasteiger partial charge on any atom is 0.117 e. The Morgan fingerprint density at radius 2 is 2.07 bits per heavy atom. The molecule has 0 bridgehead atoms. The van der Waals surface area contributed by atoms with Crippen LogP contribution >= 0.6 is 0 Å². The molecule has 2 atom stereocenters. The van der Waals surface area contributed by atoms with E-state index < -0.39 is 0 Å². The highest BCUT2D eigenvalue weighted by Gasteiger charge is 2.32. The first-order chi connectivity index (χ1) is 6.83. The lowest BCUT2D eigenvalue weighted by atomic mass is 10.1. The third-order valence-corrected chi connectivity index (χ3v) is 3.63. The first-order valence-electron chi connectivity index (χ1n) is 6.06. The minimum atomic E-state index is 0.535. The highest BCUT2D eigenvalue weighted by atomic mass is 15.5. The Morgan fingerprint density at radius 3 is 2.86 bits per heavy atom. The third kappa shape index (κ3) is 1.95. The molecule has 0 aromatic rings. The van der Waals surface area contributed by atoms with Gasteiger partial charge in [0.2, 0.25) is 0 Å². The van der Waals surface area contributed by atoms with Crippen molar-refractivity contribution in [1.82, 2.24) is 15.1 Å². The molecule has 3 heteroatoms. The molecule has 3 nitrogen and oxygen atoms in total. The van der Waals surface area contributed by atoms with E-state index >= 15 is 0 Å². The molecule has 0 aliphatic carbocycles. The zero-order valence-corrected chi connectivity index (χ0v) is 9.50. The fourth-order valence-electron chi connectivity index (χ4n) is 2.60. The van der Waals surface area contributed by atoms with E-state index in [9.17, 15) is 0 Å². The zero-order chi connectivity index (χ0) is 9.97. The molecular weight excluding hydrogens is 174 g/mol. The van der Waals surface area contributed by atoms with Crippen molar-refractivity contribution >= 4 is 0 Å². The molecule has 2 aliphatic heterocycles. The summed E-state index contributed by atoms with van der Waals surface area (Å²) in [5, 5.41) is 3.64. The van der Waals surface area contributed by atoms with Gasteiger partial charge in [-0.05, 0) is 32.7 Å². The molecule has 0 aromatic carbocycles. The van der Waals surface area contributed by atoms with Crippen LogP contribution in [0.1, 0.15) is 33.1 Å². The van der Waals surface area contributed by atoms with E-state index in [4.69, 9.17) is 0 Å². The number of nitrogens with one attached hydrogen (secondary N) is 1. The van der Waals surface area contributed by atoms with Crippen molar-refractivity contribution in [2.75, 3.05) is 26.2 Å². The Labute approximate surface area is 87.4 Å². The number of fused-ring (bicyclic) bond motifs is 1. The van der Waals surface area contributed by atoms with Crippen LogP contribution in [0.2, 0.25) is 0 Å². The Morgan fingerprint density at radius 1 is 1.29 bits per heavy atom. The van der Waals surface area contributed by atoms with Crippen LogP contribution in [0, 0.1) is 0 Å². The van der Waals surface area contributed by atoms with Gasteiger partial charge in [-0.1, -0.05) is 6.92 Å². The highest BCUT2D eigenvalue weighted by Crippen LogP contribution is 2.19. The lowest BCUT2D eigenvalue weighted by Crippen LogP contribution is -2.65. The van der Waals surface area contributed by atoms with Crippen LogP contribution in [0.5, 0.6) is 0 Å². The second-order valence-electron chi connectivity index (χ2n) is 4.57. The van der Waals surface area contributed by atoms with E-state index in [0.29, 0.717) is 12.3 Å². The normalized spacial score (nSPS) is 32.6. The average molecular weight is 197 g/mol. The molecule has 2 rings (SSSR count). The van der Waals surface area contributed by atoms with Gasteiger partial charge in [0.05, 0.1) is 0 Å². The summed E-state index contributed by atoms with van der Waals surface area (Å²) in [4.78, 5) is 5.22. The lowest BCUT2D eigenvalue weighted by Gasteiger charge is -2.49. The first-order valence-corrected chi connectivity index (χ1v) is 6.06. The molecule has 14 heavy (non-hydrogen) atoms. The topological polar surface area (TPSA) is 18.5 Å². The molecular formula is C11H23N3. The Hall–Kier alpha value is -0.120. The van der Waals surface area contributed by atoms with Crippen molar-refractivity contribution in [2.45, 2.75) is 45.4 Å². The maximum atomic E-state index is 3.64. The fraction of sp³-hybridized carbons (Fsp3) is 1.00. The van der Waals surface area contributed by atoms with E-state index in [1.54, 1.807) is 0 Å². The van der Waals surface area contributed by atoms with Crippen LogP contribution < -0.4 is 5.32 Å². The van der Waals surface area contributed by atoms with Gasteiger partial charge in [0.25, 0.3) is 0 Å². The second-order valence-corrected chi connectivity index (χ2v) is 4.57. The molecule has 82 valence electrons. The van der Waals surface area contributed by atoms with Gasteiger partial charge in [-0.3, -0.25) is 15.1 Å². The number of nitrogens with zero attached hydrogens (tertiary/aromatic N) is 2. The number of rotatable bonds is 2. The summed E-state index contributed by atoms with van der Waals surface area (Å²) < 4.78 is 0. The molecule has 2 heterocycles. The molecule has 1 N–H and O–H groups in total. The lowest BCUT2D eigenvalue weighted by molar-refractivity contribution is -0.0551. The summed E-state index contributed by atoms with van der Waals surface area (Å²) >= 11 is 0. The van der Waals surface area contributed by atoms with E-state index in [1.807, 2.05) is 0 Å². The molecule has 2 aliphatic rings. The summed E-state index contributed by atoms with van der Waals surface area (Å²) in [5.41, 5.74) is 0. The van der Waals surface area contributed by atoms with Gasteiger partial charge in [-0.25, -0.2) is 0 Å². The minimum Gasteiger partial charge on any atom is -0.289 e. The molecule has 0 spiro atoms. The Balaban J connectivity index is 2.01. The van der Waals surface area contributed by atoms with Crippen molar-refractivity contribution in [3.05, 3.63) is 0 Å². The molecule has 0 amide bonds. The predicted molar refractivity (Wildman–Crippen MR) is 59.1 cm³/mol. The van der Waals surface area contributed by atoms with Crippen molar-refractivity contribution in [1.29, 1.82) is 0 Å². The minimum absolute atomic E-state index is 0.535. The number of hydrogen-bond acceptors (Lipinski definition) is 3. The molecule has 0 radical (unpaired) electrons. The van der Waals surface area contributed by atoms with Crippen LogP contribution in [0.4, 0.5) is 0 Å². The van der Waals surface area contributed by atoms with Crippen LogP contribution in [-0.4, -0.2) is 48.3 Å². The second kappa shape index (κ2) is 4.60. The molecule has 0 aromatic heterocycles. The monoisotopic (exact) mass is 197 g/mol. The quantitative estimate of drug-likeness (QED) is 0.714. The van der Waals surface area contributed by atoms with E-state index in [-0.39, 0.29) is 0 Å². The van der Waals surface area contributed by atoms with Gasteiger partial charge in [-0.15, -0.1) is 0 Å². The first kappa shape index (κ1) is 10.4. The smallest absolute Gasteiger partial charge is 0.117 e. The molecule has 2 saturated heterocycles. The highest BCUT2D eigenvalue weighted by molar-refractivity contribution is 4.83. The van der Waals surface area contributed by atoms with Crippen molar-refractivity contribution in [3.63, 3.8) is 0 Å². The van der Waals surface area contributed by atoms with E-state index in [1.165, 1.54) is 45.4 Å².